The summed E-state index contributed by atoms with van der Waals surface area (Å²) in [4.78, 5) is 23.5. The zero-order chi connectivity index (χ0) is 13.1. The highest BCUT2D eigenvalue weighted by Gasteiger charge is 2.41. The summed E-state index contributed by atoms with van der Waals surface area (Å²) in [5.74, 6) is -2.05. The molecule has 1 saturated heterocycles. The largest absolute Gasteiger partial charge is 0.466 e. The minimum atomic E-state index is -3.86. The molecule has 98 valence electrons. The number of carbonyl (C=O) groups excluding carboxylic acids is 2. The van der Waals surface area contributed by atoms with E-state index in [4.69, 9.17) is 4.74 Å². The third kappa shape index (κ3) is 3.80. The topological polar surface area (TPSA) is 46.6 Å². The van der Waals surface area contributed by atoms with Crippen molar-refractivity contribution >= 4 is 23.5 Å². The van der Waals surface area contributed by atoms with Crippen LogP contribution >= 0.6 is 11.6 Å². The van der Waals surface area contributed by atoms with Gasteiger partial charge in [-0.05, 0) is 31.4 Å². The normalized spacial score (nSPS) is 18.0. The number of carbonyl (C=O) groups is 2. The van der Waals surface area contributed by atoms with Crippen molar-refractivity contribution in [2.75, 3.05) is 19.7 Å². The van der Waals surface area contributed by atoms with E-state index in [1.54, 1.807) is 6.92 Å². The number of halogens is 3. The van der Waals surface area contributed by atoms with Gasteiger partial charge in [-0.2, -0.15) is 8.78 Å². The monoisotopic (exact) mass is 269 g/mol. The second-order valence-electron chi connectivity index (χ2n) is 3.82. The molecule has 0 bridgehead atoms. The number of amides is 1. The molecule has 0 aromatic heterocycles. The SMILES string of the molecule is CCOC(=O)C1CCN(C(=O)C(F)(F)Cl)CC1. The molecular formula is C10H14ClF2NO3. The predicted molar refractivity (Wildman–Crippen MR) is 56.7 cm³/mol. The van der Waals surface area contributed by atoms with Crippen LogP contribution in [-0.2, 0) is 14.3 Å². The first-order chi connectivity index (χ1) is 7.86. The lowest BCUT2D eigenvalue weighted by atomic mass is 9.97. The van der Waals surface area contributed by atoms with Gasteiger partial charge in [0.15, 0.2) is 0 Å². The van der Waals surface area contributed by atoms with Crippen LogP contribution in [0.4, 0.5) is 8.78 Å². The van der Waals surface area contributed by atoms with E-state index in [2.05, 4.69) is 11.6 Å². The van der Waals surface area contributed by atoms with Gasteiger partial charge in [0, 0.05) is 13.1 Å². The predicted octanol–water partition coefficient (Wildman–Crippen LogP) is 1.62. The summed E-state index contributed by atoms with van der Waals surface area (Å²) in [7, 11) is 0. The average molecular weight is 270 g/mol. The maximum absolute atomic E-state index is 12.6. The fourth-order valence-electron chi connectivity index (χ4n) is 1.76. The number of rotatable bonds is 3. The first kappa shape index (κ1) is 14.2. The van der Waals surface area contributed by atoms with Gasteiger partial charge in [0.05, 0.1) is 12.5 Å². The molecule has 0 spiro atoms. The Balaban J connectivity index is 2.46. The molecule has 0 saturated carbocycles. The van der Waals surface area contributed by atoms with Gasteiger partial charge in [-0.3, -0.25) is 9.59 Å². The highest BCUT2D eigenvalue weighted by atomic mass is 35.5. The van der Waals surface area contributed by atoms with Gasteiger partial charge in [-0.1, -0.05) is 0 Å². The smallest absolute Gasteiger partial charge is 0.399 e. The van der Waals surface area contributed by atoms with Crippen molar-refractivity contribution in [2.45, 2.75) is 25.1 Å². The molecule has 0 unspecified atom stereocenters. The van der Waals surface area contributed by atoms with Gasteiger partial charge in [-0.25, -0.2) is 0 Å². The van der Waals surface area contributed by atoms with E-state index < -0.39 is 11.3 Å². The van der Waals surface area contributed by atoms with Gasteiger partial charge >= 0.3 is 17.3 Å². The van der Waals surface area contributed by atoms with Crippen molar-refractivity contribution in [1.82, 2.24) is 4.90 Å². The van der Waals surface area contributed by atoms with Crippen molar-refractivity contribution in [1.29, 1.82) is 0 Å². The number of nitrogens with zero attached hydrogens (tertiary/aromatic N) is 1. The molecule has 1 aliphatic heterocycles. The fourth-order valence-corrected chi connectivity index (χ4v) is 1.88. The Hall–Kier alpha value is -0.910. The molecule has 1 heterocycles. The Labute approximate surface area is 103 Å². The van der Waals surface area contributed by atoms with E-state index in [0.29, 0.717) is 12.8 Å². The summed E-state index contributed by atoms with van der Waals surface area (Å²) in [5.41, 5.74) is 0. The molecule has 0 aromatic carbocycles. The zero-order valence-corrected chi connectivity index (χ0v) is 10.2. The maximum Gasteiger partial charge on any atom is 0.399 e. The molecule has 1 amide bonds. The summed E-state index contributed by atoms with van der Waals surface area (Å²) in [6.07, 6.45) is 0.662. The first-order valence-electron chi connectivity index (χ1n) is 5.39. The molecule has 7 heteroatoms. The van der Waals surface area contributed by atoms with Gasteiger partial charge in [-0.15, -0.1) is 0 Å². The highest BCUT2D eigenvalue weighted by molar-refractivity contribution is 6.32. The Morgan fingerprint density at radius 1 is 1.41 bits per heavy atom. The Morgan fingerprint density at radius 2 is 1.94 bits per heavy atom. The van der Waals surface area contributed by atoms with Crippen LogP contribution in [0.5, 0.6) is 0 Å². The van der Waals surface area contributed by atoms with E-state index in [0.717, 1.165) is 4.90 Å². The molecule has 4 nitrogen and oxygen atoms in total. The maximum atomic E-state index is 12.6. The van der Waals surface area contributed by atoms with Crippen molar-refractivity contribution in [2.24, 2.45) is 5.92 Å². The lowest BCUT2D eigenvalue weighted by Gasteiger charge is -2.31. The molecule has 0 radical (unpaired) electrons. The lowest BCUT2D eigenvalue weighted by Crippen LogP contribution is -2.46. The van der Waals surface area contributed by atoms with E-state index in [1.165, 1.54) is 0 Å². The number of esters is 1. The van der Waals surface area contributed by atoms with Crippen molar-refractivity contribution < 1.29 is 23.1 Å². The van der Waals surface area contributed by atoms with Gasteiger partial charge in [0.1, 0.15) is 0 Å². The van der Waals surface area contributed by atoms with Crippen LogP contribution in [0.15, 0.2) is 0 Å². The Morgan fingerprint density at radius 3 is 2.35 bits per heavy atom. The quantitative estimate of drug-likeness (QED) is 0.578. The molecule has 0 aliphatic carbocycles. The van der Waals surface area contributed by atoms with Crippen molar-refractivity contribution in [3.05, 3.63) is 0 Å². The Bertz CT molecular complexity index is 298. The average Bonchev–Trinajstić information content (AvgIpc) is 2.27. The van der Waals surface area contributed by atoms with E-state index in [9.17, 15) is 18.4 Å². The summed E-state index contributed by atoms with van der Waals surface area (Å²) in [6.45, 7) is 2.19. The molecule has 17 heavy (non-hydrogen) atoms. The van der Waals surface area contributed by atoms with Crippen LogP contribution in [0.2, 0.25) is 0 Å². The summed E-state index contributed by atoms with van der Waals surface area (Å²) in [6, 6.07) is 0. The van der Waals surface area contributed by atoms with Crippen LogP contribution in [0.25, 0.3) is 0 Å². The van der Waals surface area contributed by atoms with E-state index in [-0.39, 0.29) is 31.6 Å². The molecule has 0 atom stereocenters. The second-order valence-corrected chi connectivity index (χ2v) is 4.29. The number of hydrogen-bond donors (Lipinski definition) is 0. The lowest BCUT2D eigenvalue weighted by molar-refractivity contribution is -0.155. The molecule has 0 aromatic rings. The highest BCUT2D eigenvalue weighted by Crippen LogP contribution is 2.26. The van der Waals surface area contributed by atoms with E-state index in [1.807, 2.05) is 0 Å². The second kappa shape index (κ2) is 5.62. The summed E-state index contributed by atoms with van der Waals surface area (Å²) in [5, 5.41) is -3.86. The Kier molecular flexibility index (Phi) is 4.68. The third-order valence-electron chi connectivity index (χ3n) is 2.64. The van der Waals surface area contributed by atoms with Gasteiger partial charge < -0.3 is 9.64 Å². The van der Waals surface area contributed by atoms with Crippen molar-refractivity contribution in [3.8, 4) is 0 Å². The minimum absolute atomic E-state index is 0.102. The molecule has 1 fully saturated rings. The standard InChI is InChI=1S/C10H14ClF2NO3/c1-2-17-8(15)7-3-5-14(6-4-7)9(16)10(11,12)13/h7H,2-6H2,1H3. The first-order valence-corrected chi connectivity index (χ1v) is 5.76. The number of hydrogen-bond acceptors (Lipinski definition) is 3. The number of ether oxygens (including phenoxy) is 1. The molecule has 1 aliphatic rings. The van der Waals surface area contributed by atoms with Crippen LogP contribution in [0.3, 0.4) is 0 Å². The fraction of sp³-hybridized carbons (Fsp3) is 0.800. The van der Waals surface area contributed by atoms with E-state index >= 15 is 0 Å². The number of piperidine rings is 1. The van der Waals surface area contributed by atoms with Crippen LogP contribution < -0.4 is 0 Å². The minimum Gasteiger partial charge on any atom is -0.466 e. The van der Waals surface area contributed by atoms with Gasteiger partial charge in [0.25, 0.3) is 0 Å². The number of alkyl halides is 3. The molecule has 0 N–H and O–H groups in total. The third-order valence-corrected chi connectivity index (χ3v) is 2.81. The van der Waals surface area contributed by atoms with Crippen LogP contribution in [0, 0.1) is 5.92 Å². The van der Waals surface area contributed by atoms with Crippen molar-refractivity contribution in [3.63, 3.8) is 0 Å². The molecular weight excluding hydrogens is 256 g/mol. The zero-order valence-electron chi connectivity index (χ0n) is 9.42. The van der Waals surface area contributed by atoms with Gasteiger partial charge in [0.2, 0.25) is 0 Å². The van der Waals surface area contributed by atoms with Crippen LogP contribution in [0.1, 0.15) is 19.8 Å². The molecule has 1 rings (SSSR count). The summed E-state index contributed by atoms with van der Waals surface area (Å²) < 4.78 is 29.9. The summed E-state index contributed by atoms with van der Waals surface area (Å²) >= 11 is 4.65. The number of likely N-dealkylation sites (tertiary alicyclic amines) is 1. The van der Waals surface area contributed by atoms with Crippen LogP contribution in [-0.4, -0.2) is 41.9 Å².